The van der Waals surface area contributed by atoms with Crippen molar-refractivity contribution in [1.29, 1.82) is 0 Å². The highest BCUT2D eigenvalue weighted by atomic mass is 32.1. The molecule has 0 aliphatic heterocycles. The van der Waals surface area contributed by atoms with Crippen molar-refractivity contribution in [2.75, 3.05) is 25.6 Å². The van der Waals surface area contributed by atoms with Gasteiger partial charge in [-0.3, -0.25) is 4.79 Å². The lowest BCUT2D eigenvalue weighted by molar-refractivity contribution is -0.117. The Morgan fingerprint density at radius 2 is 2.29 bits per heavy atom. The number of nitrogens with two attached hydrogens (primary N) is 1. The van der Waals surface area contributed by atoms with Crippen molar-refractivity contribution in [1.82, 2.24) is 10.2 Å². The summed E-state index contributed by atoms with van der Waals surface area (Å²) in [5.74, 6) is -0.100. The van der Waals surface area contributed by atoms with E-state index >= 15 is 0 Å². The topological polar surface area (TPSA) is 90.1 Å². The van der Waals surface area contributed by atoms with Gasteiger partial charge in [0, 0.05) is 13.5 Å². The van der Waals surface area contributed by atoms with Crippen LogP contribution in [0.1, 0.15) is 24.3 Å². The number of rotatable bonds is 8. The minimum atomic E-state index is -0.100. The first-order chi connectivity index (χ1) is 8.26. The summed E-state index contributed by atoms with van der Waals surface area (Å²) in [5, 5.41) is 12.1. The molecule has 0 fully saturated rings. The van der Waals surface area contributed by atoms with E-state index in [0.29, 0.717) is 24.7 Å². The summed E-state index contributed by atoms with van der Waals surface area (Å²) in [6.45, 7) is 1.10. The zero-order chi connectivity index (χ0) is 12.5. The molecule has 0 unspecified atom stereocenters. The third-order valence-electron chi connectivity index (χ3n) is 2.09. The smallest absolute Gasteiger partial charge is 0.228 e. The molecule has 0 radical (unpaired) electrons. The van der Waals surface area contributed by atoms with Crippen molar-refractivity contribution < 1.29 is 9.53 Å². The zero-order valence-electron chi connectivity index (χ0n) is 9.94. The summed E-state index contributed by atoms with van der Waals surface area (Å²) >= 11 is 1.41. The molecule has 6 nitrogen and oxygen atoms in total. The Labute approximate surface area is 105 Å². The SMILES string of the molecule is COCCC(=O)Nc1nnc(CCCCN)s1. The van der Waals surface area contributed by atoms with Gasteiger partial charge in [-0.25, -0.2) is 0 Å². The number of carbonyl (C=O) groups excluding carboxylic acids is 1. The summed E-state index contributed by atoms with van der Waals surface area (Å²) < 4.78 is 4.82. The lowest BCUT2D eigenvalue weighted by Gasteiger charge is -1.99. The van der Waals surface area contributed by atoms with Crippen molar-refractivity contribution in [3.05, 3.63) is 5.01 Å². The van der Waals surface area contributed by atoms with Crippen LogP contribution in [0.25, 0.3) is 0 Å². The normalized spacial score (nSPS) is 10.5. The first-order valence-electron chi connectivity index (χ1n) is 5.57. The molecule has 96 valence electrons. The Morgan fingerprint density at radius 3 is 3.00 bits per heavy atom. The van der Waals surface area contributed by atoms with Gasteiger partial charge < -0.3 is 15.8 Å². The number of aromatic nitrogens is 2. The average Bonchev–Trinajstić information content (AvgIpc) is 2.74. The van der Waals surface area contributed by atoms with Crippen LogP contribution in [-0.4, -0.2) is 36.4 Å². The van der Waals surface area contributed by atoms with E-state index in [1.165, 1.54) is 11.3 Å². The molecule has 1 amide bonds. The van der Waals surface area contributed by atoms with Crippen LogP contribution in [0.5, 0.6) is 0 Å². The summed E-state index contributed by atoms with van der Waals surface area (Å²) in [6.07, 6.45) is 3.18. The van der Waals surface area contributed by atoms with Crippen molar-refractivity contribution >= 4 is 22.4 Å². The molecule has 0 atom stereocenters. The highest BCUT2D eigenvalue weighted by Gasteiger charge is 2.07. The second kappa shape index (κ2) is 8.10. The van der Waals surface area contributed by atoms with E-state index in [4.69, 9.17) is 10.5 Å². The number of unbranched alkanes of at least 4 members (excludes halogenated alkanes) is 1. The van der Waals surface area contributed by atoms with Gasteiger partial charge in [0.25, 0.3) is 0 Å². The number of aryl methyl sites for hydroxylation is 1. The Bertz CT molecular complexity index is 343. The van der Waals surface area contributed by atoms with Crippen LogP contribution in [0.2, 0.25) is 0 Å². The van der Waals surface area contributed by atoms with Crippen LogP contribution in [0.15, 0.2) is 0 Å². The number of methoxy groups -OCH3 is 1. The number of hydrogen-bond donors (Lipinski definition) is 2. The minimum absolute atomic E-state index is 0.100. The van der Waals surface area contributed by atoms with Gasteiger partial charge in [-0.1, -0.05) is 11.3 Å². The van der Waals surface area contributed by atoms with E-state index in [-0.39, 0.29) is 5.91 Å². The molecule has 0 aromatic carbocycles. The number of anilines is 1. The highest BCUT2D eigenvalue weighted by Crippen LogP contribution is 2.17. The maximum Gasteiger partial charge on any atom is 0.228 e. The highest BCUT2D eigenvalue weighted by molar-refractivity contribution is 7.15. The first-order valence-corrected chi connectivity index (χ1v) is 6.39. The number of ether oxygens (including phenoxy) is 1. The van der Waals surface area contributed by atoms with Gasteiger partial charge in [-0.05, 0) is 19.4 Å². The third-order valence-corrected chi connectivity index (χ3v) is 2.99. The molecule has 0 bridgehead atoms. The maximum atomic E-state index is 11.4. The van der Waals surface area contributed by atoms with Gasteiger partial charge in [0.2, 0.25) is 11.0 Å². The molecule has 0 aliphatic carbocycles. The van der Waals surface area contributed by atoms with Gasteiger partial charge in [-0.2, -0.15) is 0 Å². The summed E-state index contributed by atoms with van der Waals surface area (Å²) in [7, 11) is 1.56. The van der Waals surface area contributed by atoms with E-state index in [9.17, 15) is 4.79 Å². The van der Waals surface area contributed by atoms with Gasteiger partial charge in [0.1, 0.15) is 5.01 Å². The van der Waals surface area contributed by atoms with E-state index in [2.05, 4.69) is 15.5 Å². The largest absolute Gasteiger partial charge is 0.384 e. The van der Waals surface area contributed by atoms with Crippen molar-refractivity contribution in [2.45, 2.75) is 25.7 Å². The van der Waals surface area contributed by atoms with Gasteiger partial charge >= 0.3 is 0 Å². The van der Waals surface area contributed by atoms with Crippen molar-refractivity contribution in [3.63, 3.8) is 0 Å². The van der Waals surface area contributed by atoms with E-state index < -0.39 is 0 Å². The fraction of sp³-hybridized carbons (Fsp3) is 0.700. The average molecular weight is 258 g/mol. The van der Waals surface area contributed by atoms with Gasteiger partial charge in [0.15, 0.2) is 0 Å². The standard InChI is InChI=1S/C10H18N4O2S/c1-16-7-5-8(15)12-10-14-13-9(17-10)4-2-3-6-11/h2-7,11H2,1H3,(H,12,14,15). The van der Waals surface area contributed by atoms with E-state index in [1.807, 2.05) is 0 Å². The number of hydrogen-bond acceptors (Lipinski definition) is 6. The fourth-order valence-corrected chi connectivity index (χ4v) is 2.00. The molecule has 0 spiro atoms. The van der Waals surface area contributed by atoms with Crippen LogP contribution in [0.4, 0.5) is 5.13 Å². The quantitative estimate of drug-likeness (QED) is 0.673. The molecule has 0 saturated carbocycles. The Morgan fingerprint density at radius 1 is 1.47 bits per heavy atom. The fourth-order valence-electron chi connectivity index (χ4n) is 1.20. The first kappa shape index (κ1) is 14.0. The third kappa shape index (κ3) is 5.71. The Kier molecular flexibility index (Phi) is 6.68. The molecule has 17 heavy (non-hydrogen) atoms. The lowest BCUT2D eigenvalue weighted by Crippen LogP contribution is -2.13. The van der Waals surface area contributed by atoms with Gasteiger partial charge in [0.05, 0.1) is 13.0 Å². The molecule has 0 saturated heterocycles. The van der Waals surface area contributed by atoms with Crippen molar-refractivity contribution in [3.8, 4) is 0 Å². The zero-order valence-corrected chi connectivity index (χ0v) is 10.8. The second-order valence-corrected chi connectivity index (χ2v) is 4.60. The number of carbonyl (C=O) groups is 1. The van der Waals surface area contributed by atoms with Crippen molar-refractivity contribution in [2.24, 2.45) is 5.73 Å². The summed E-state index contributed by atoms with van der Waals surface area (Å²) in [5.41, 5.74) is 5.41. The predicted octanol–water partition coefficient (Wildman–Crippen LogP) is 0.794. The molecule has 1 aromatic heterocycles. The van der Waals surface area contributed by atoms with Crippen LogP contribution in [-0.2, 0) is 16.0 Å². The molecule has 1 heterocycles. The molecule has 7 heteroatoms. The second-order valence-electron chi connectivity index (χ2n) is 3.54. The minimum Gasteiger partial charge on any atom is -0.384 e. The van der Waals surface area contributed by atoms with Crippen LogP contribution >= 0.6 is 11.3 Å². The molecule has 0 aliphatic rings. The molecule has 1 rings (SSSR count). The number of amides is 1. The van der Waals surface area contributed by atoms with Crippen LogP contribution < -0.4 is 11.1 Å². The van der Waals surface area contributed by atoms with Crippen LogP contribution in [0, 0.1) is 0 Å². The number of nitrogens with zero attached hydrogens (tertiary/aromatic N) is 2. The van der Waals surface area contributed by atoms with Gasteiger partial charge in [-0.15, -0.1) is 10.2 Å². The molecular weight excluding hydrogens is 240 g/mol. The monoisotopic (exact) mass is 258 g/mol. The molecule has 3 N–H and O–H groups in total. The summed E-state index contributed by atoms with van der Waals surface area (Å²) in [4.78, 5) is 11.4. The lowest BCUT2D eigenvalue weighted by atomic mass is 10.2. The predicted molar refractivity (Wildman–Crippen MR) is 67.0 cm³/mol. The molecular formula is C10H18N4O2S. The summed E-state index contributed by atoms with van der Waals surface area (Å²) in [6, 6.07) is 0. The van der Waals surface area contributed by atoms with E-state index in [1.54, 1.807) is 7.11 Å². The van der Waals surface area contributed by atoms with E-state index in [0.717, 1.165) is 24.3 Å². The van der Waals surface area contributed by atoms with Crippen LogP contribution in [0.3, 0.4) is 0 Å². The molecule has 1 aromatic rings. The Hall–Kier alpha value is -1.05. The number of nitrogens with one attached hydrogen (secondary N) is 1. The Balaban J connectivity index is 2.32. The maximum absolute atomic E-state index is 11.4.